The molecule has 0 spiro atoms. The van der Waals surface area contributed by atoms with E-state index in [0.29, 0.717) is 6.54 Å². The minimum Gasteiger partial charge on any atom is -0.348 e. The number of hydrogen-bond donors (Lipinski definition) is 1. The molecule has 0 saturated heterocycles. The lowest BCUT2D eigenvalue weighted by Crippen LogP contribution is -2.12. The first-order chi connectivity index (χ1) is 7.29. The number of hydrogen-bond acceptors (Lipinski definition) is 2. The Balaban J connectivity index is 0.000000342. The van der Waals surface area contributed by atoms with E-state index in [9.17, 15) is 4.79 Å². The van der Waals surface area contributed by atoms with Crippen molar-refractivity contribution in [3.8, 4) is 0 Å². The Morgan fingerprint density at radius 1 is 1.27 bits per heavy atom. The van der Waals surface area contributed by atoms with Gasteiger partial charge >= 0.3 is 0 Å². The highest BCUT2D eigenvalue weighted by Gasteiger charge is 2.16. The van der Waals surface area contributed by atoms with Gasteiger partial charge in [-0.25, -0.2) is 0 Å². The third-order valence-electron chi connectivity index (χ3n) is 1.70. The number of carbonyl (C=O) groups is 2. The van der Waals surface area contributed by atoms with Crippen molar-refractivity contribution in [1.29, 1.82) is 0 Å². The quantitative estimate of drug-likeness (QED) is 0.708. The Labute approximate surface area is 90.5 Å². The molecule has 0 unspecified atom stereocenters. The first-order valence-corrected chi connectivity index (χ1v) is 4.94. The van der Waals surface area contributed by atoms with Gasteiger partial charge in [0.2, 0.25) is 0 Å². The molecule has 0 radical (unpaired) electrons. The second kappa shape index (κ2) is 7.74. The summed E-state index contributed by atoms with van der Waals surface area (Å²) < 4.78 is 0. The number of carbonyl (C=O) groups excluding carboxylic acids is 2. The molecule has 0 saturated carbocycles. The molecule has 1 aliphatic heterocycles. The minimum absolute atomic E-state index is 0.0515. The topological polar surface area (TPSA) is 46.2 Å². The van der Waals surface area contributed by atoms with Crippen molar-refractivity contribution in [3.63, 3.8) is 0 Å². The van der Waals surface area contributed by atoms with Crippen LogP contribution < -0.4 is 5.32 Å². The fraction of sp³-hybridized carbons (Fsp3) is 0.333. The van der Waals surface area contributed by atoms with Crippen LogP contribution in [0.2, 0.25) is 0 Å². The Morgan fingerprint density at radius 2 is 1.80 bits per heavy atom. The molecule has 15 heavy (non-hydrogen) atoms. The summed E-state index contributed by atoms with van der Waals surface area (Å²) in [5, 5.41) is 2.75. The molecular weight excluding hydrogens is 190 g/mol. The lowest BCUT2D eigenvalue weighted by atomic mass is 10.1. The fourth-order valence-electron chi connectivity index (χ4n) is 1.17. The molecule has 2 rings (SSSR count). The van der Waals surface area contributed by atoms with Gasteiger partial charge in [0.15, 0.2) is 0 Å². The molecule has 1 aliphatic rings. The van der Waals surface area contributed by atoms with Crippen LogP contribution in [-0.2, 0) is 11.3 Å². The molecule has 0 aromatic heterocycles. The molecule has 1 aromatic rings. The predicted octanol–water partition coefficient (Wildman–Crippen LogP) is 2.16. The smallest absolute Gasteiger partial charge is 0.251 e. The van der Waals surface area contributed by atoms with Crippen molar-refractivity contribution >= 4 is 12.7 Å². The van der Waals surface area contributed by atoms with Crippen molar-refractivity contribution in [2.24, 2.45) is 0 Å². The molecule has 1 heterocycles. The fourth-order valence-corrected chi connectivity index (χ4v) is 1.17. The highest BCUT2D eigenvalue weighted by atomic mass is 16.1. The van der Waals surface area contributed by atoms with Crippen LogP contribution in [0.15, 0.2) is 24.3 Å². The molecule has 3 nitrogen and oxygen atoms in total. The number of nitrogens with one attached hydrogen (secondary N) is 1. The Kier molecular flexibility index (Phi) is 6.89. The molecule has 0 bridgehead atoms. The Hall–Kier alpha value is -1.64. The molecule has 0 fully saturated rings. The largest absolute Gasteiger partial charge is 0.348 e. The van der Waals surface area contributed by atoms with Gasteiger partial charge in [0.05, 0.1) is 0 Å². The van der Waals surface area contributed by atoms with Crippen LogP contribution in [0.4, 0.5) is 0 Å². The molecule has 0 atom stereocenters. The van der Waals surface area contributed by atoms with E-state index in [1.807, 2.05) is 31.1 Å². The summed E-state index contributed by atoms with van der Waals surface area (Å²) in [4.78, 5) is 19.0. The van der Waals surface area contributed by atoms with Gasteiger partial charge in [-0.2, -0.15) is 0 Å². The second-order valence-corrected chi connectivity index (χ2v) is 3.05. The highest BCUT2D eigenvalue weighted by molar-refractivity contribution is 5.98. The zero-order valence-electron chi connectivity index (χ0n) is 9.25. The SMILES string of the molecule is C=O.CCC.O=C1NCc2ccccc21. The number of rotatable bonds is 0. The Morgan fingerprint density at radius 3 is 2.33 bits per heavy atom. The Bertz CT molecular complexity index is 310. The van der Waals surface area contributed by atoms with Crippen LogP contribution in [0.25, 0.3) is 0 Å². The number of benzene rings is 1. The van der Waals surface area contributed by atoms with Gasteiger partial charge in [-0.3, -0.25) is 4.79 Å². The zero-order chi connectivity index (χ0) is 11.7. The number of fused-ring (bicyclic) bond motifs is 1. The second-order valence-electron chi connectivity index (χ2n) is 3.05. The summed E-state index contributed by atoms with van der Waals surface area (Å²) in [7, 11) is 0. The van der Waals surface area contributed by atoms with E-state index in [-0.39, 0.29) is 5.91 Å². The highest BCUT2D eigenvalue weighted by Crippen LogP contribution is 2.13. The maximum atomic E-state index is 11.0. The molecule has 1 aromatic carbocycles. The molecule has 82 valence electrons. The van der Waals surface area contributed by atoms with E-state index >= 15 is 0 Å². The lowest BCUT2D eigenvalue weighted by molar-refractivity contribution is -0.0979. The van der Waals surface area contributed by atoms with Crippen molar-refractivity contribution < 1.29 is 9.59 Å². The summed E-state index contributed by atoms with van der Waals surface area (Å²) in [6, 6.07) is 7.63. The summed E-state index contributed by atoms with van der Waals surface area (Å²) in [6.07, 6.45) is 1.25. The standard InChI is InChI=1S/C8H7NO.C3H8.CH2O/c10-8-7-4-2-1-3-6(7)5-9-8;1-3-2;1-2/h1-4H,5H2,(H,9,10);3H2,1-2H3;1H2. The third-order valence-corrected chi connectivity index (χ3v) is 1.70. The summed E-state index contributed by atoms with van der Waals surface area (Å²) in [6.45, 7) is 6.94. The lowest BCUT2D eigenvalue weighted by Gasteiger charge is -1.89. The van der Waals surface area contributed by atoms with Gasteiger partial charge in [-0.15, -0.1) is 0 Å². The van der Waals surface area contributed by atoms with Gasteiger partial charge in [0, 0.05) is 12.1 Å². The van der Waals surface area contributed by atoms with Crippen LogP contribution >= 0.6 is 0 Å². The first kappa shape index (κ1) is 13.4. The first-order valence-electron chi connectivity index (χ1n) is 4.94. The number of amides is 1. The molecule has 1 N–H and O–H groups in total. The van der Waals surface area contributed by atoms with Crippen LogP contribution in [-0.4, -0.2) is 12.7 Å². The average molecular weight is 207 g/mol. The van der Waals surface area contributed by atoms with Crippen LogP contribution in [0.5, 0.6) is 0 Å². The maximum Gasteiger partial charge on any atom is 0.251 e. The minimum atomic E-state index is 0.0515. The van der Waals surface area contributed by atoms with E-state index in [0.717, 1.165) is 11.1 Å². The molecular formula is C12H17NO2. The van der Waals surface area contributed by atoms with E-state index in [4.69, 9.17) is 4.79 Å². The van der Waals surface area contributed by atoms with Crippen molar-refractivity contribution in [1.82, 2.24) is 5.32 Å². The average Bonchev–Trinajstić information content (AvgIpc) is 2.65. The van der Waals surface area contributed by atoms with Crippen LogP contribution in [0.1, 0.15) is 36.2 Å². The normalized spacial score (nSPS) is 11.2. The van der Waals surface area contributed by atoms with E-state index in [1.165, 1.54) is 6.42 Å². The van der Waals surface area contributed by atoms with Crippen LogP contribution in [0, 0.1) is 0 Å². The van der Waals surface area contributed by atoms with E-state index in [1.54, 1.807) is 0 Å². The summed E-state index contributed by atoms with van der Waals surface area (Å²) in [5.41, 5.74) is 1.93. The van der Waals surface area contributed by atoms with Gasteiger partial charge < -0.3 is 10.1 Å². The third kappa shape index (κ3) is 3.94. The van der Waals surface area contributed by atoms with Gasteiger partial charge in [0.1, 0.15) is 6.79 Å². The zero-order valence-corrected chi connectivity index (χ0v) is 9.25. The maximum absolute atomic E-state index is 11.0. The van der Waals surface area contributed by atoms with E-state index in [2.05, 4.69) is 19.2 Å². The van der Waals surface area contributed by atoms with Crippen molar-refractivity contribution in [2.75, 3.05) is 0 Å². The molecule has 0 aliphatic carbocycles. The van der Waals surface area contributed by atoms with Crippen LogP contribution in [0.3, 0.4) is 0 Å². The van der Waals surface area contributed by atoms with Gasteiger partial charge in [0.25, 0.3) is 5.91 Å². The molecule has 3 heteroatoms. The molecule has 1 amide bonds. The van der Waals surface area contributed by atoms with Crippen molar-refractivity contribution in [2.45, 2.75) is 26.8 Å². The van der Waals surface area contributed by atoms with E-state index < -0.39 is 0 Å². The monoisotopic (exact) mass is 207 g/mol. The van der Waals surface area contributed by atoms with Gasteiger partial charge in [-0.05, 0) is 11.6 Å². The summed E-state index contributed by atoms with van der Waals surface area (Å²) in [5.74, 6) is 0.0515. The van der Waals surface area contributed by atoms with Crippen molar-refractivity contribution in [3.05, 3.63) is 35.4 Å². The summed E-state index contributed by atoms with van der Waals surface area (Å²) >= 11 is 0. The van der Waals surface area contributed by atoms with Gasteiger partial charge in [-0.1, -0.05) is 38.5 Å². The predicted molar refractivity (Wildman–Crippen MR) is 60.7 cm³/mol.